The summed E-state index contributed by atoms with van der Waals surface area (Å²) in [5.41, 5.74) is -0.109. The number of nitrogens with one attached hydrogen (secondary N) is 2. The Hall–Kier alpha value is -1.97. The van der Waals surface area contributed by atoms with E-state index in [9.17, 15) is 18.0 Å². The molecule has 9 heteroatoms. The molecule has 0 fully saturated rings. The first-order chi connectivity index (χ1) is 12.0. The van der Waals surface area contributed by atoms with Gasteiger partial charge in [-0.15, -0.1) is 0 Å². The molecule has 0 saturated heterocycles. The molecule has 0 unspecified atom stereocenters. The highest BCUT2D eigenvalue weighted by atomic mass is 32.2. The van der Waals surface area contributed by atoms with E-state index in [2.05, 4.69) is 10.0 Å². The smallest absolute Gasteiger partial charge is 0.309 e. The van der Waals surface area contributed by atoms with Crippen molar-refractivity contribution in [2.24, 2.45) is 5.41 Å². The van der Waals surface area contributed by atoms with Gasteiger partial charge in [0, 0.05) is 25.8 Å². The van der Waals surface area contributed by atoms with Crippen molar-refractivity contribution in [1.82, 2.24) is 10.0 Å². The average Bonchev–Trinajstić information content (AvgIpc) is 2.54. The number of ether oxygens (including phenoxy) is 1. The van der Waals surface area contributed by atoms with Gasteiger partial charge in [-0.1, -0.05) is 6.07 Å². The number of hydrogen-bond donors (Lipinski definition) is 3. The maximum atomic E-state index is 12.4. The van der Waals surface area contributed by atoms with Crippen molar-refractivity contribution in [1.29, 1.82) is 0 Å². The molecule has 146 valence electrons. The van der Waals surface area contributed by atoms with Gasteiger partial charge in [0.05, 0.1) is 16.9 Å². The van der Waals surface area contributed by atoms with Gasteiger partial charge in [0.1, 0.15) is 0 Å². The molecule has 1 aromatic carbocycles. The van der Waals surface area contributed by atoms with Gasteiger partial charge in [0.2, 0.25) is 10.0 Å². The van der Waals surface area contributed by atoms with Crippen LogP contribution in [-0.2, 0) is 19.6 Å². The molecule has 1 amide bonds. The van der Waals surface area contributed by atoms with Gasteiger partial charge in [-0.25, -0.2) is 13.1 Å². The highest BCUT2D eigenvalue weighted by Crippen LogP contribution is 2.20. The highest BCUT2D eigenvalue weighted by molar-refractivity contribution is 7.89. The van der Waals surface area contributed by atoms with E-state index in [4.69, 9.17) is 9.84 Å². The van der Waals surface area contributed by atoms with Crippen LogP contribution < -0.4 is 10.0 Å². The number of carboxylic acid groups (broad SMARTS) is 1. The van der Waals surface area contributed by atoms with E-state index in [0.717, 1.165) is 0 Å². The lowest BCUT2D eigenvalue weighted by Crippen LogP contribution is -2.32. The lowest BCUT2D eigenvalue weighted by molar-refractivity contribution is -0.147. The van der Waals surface area contributed by atoms with Crippen molar-refractivity contribution in [2.75, 3.05) is 26.8 Å². The summed E-state index contributed by atoms with van der Waals surface area (Å²) in [5.74, 6) is -1.39. The first-order valence-corrected chi connectivity index (χ1v) is 9.60. The van der Waals surface area contributed by atoms with Gasteiger partial charge >= 0.3 is 5.97 Å². The van der Waals surface area contributed by atoms with Crippen LogP contribution >= 0.6 is 0 Å². The number of amides is 1. The number of carbonyl (C=O) groups excluding carboxylic acids is 1. The molecule has 0 aliphatic heterocycles. The molecule has 0 spiro atoms. The Morgan fingerprint density at radius 2 is 1.88 bits per heavy atom. The van der Waals surface area contributed by atoms with E-state index in [0.29, 0.717) is 5.56 Å². The molecule has 1 rings (SSSR count). The molecule has 3 N–H and O–H groups in total. The van der Waals surface area contributed by atoms with Crippen LogP contribution in [0.25, 0.3) is 0 Å². The molecular weight excluding hydrogens is 360 g/mol. The first kappa shape index (κ1) is 22.1. The third kappa shape index (κ3) is 6.08. The average molecular weight is 386 g/mol. The third-order valence-electron chi connectivity index (χ3n) is 3.98. The fraction of sp³-hybridized carbons (Fsp3) is 0.529. The molecule has 8 nitrogen and oxygen atoms in total. The van der Waals surface area contributed by atoms with Crippen LogP contribution in [-0.4, -0.2) is 52.2 Å². The molecule has 0 radical (unpaired) electrons. The van der Waals surface area contributed by atoms with Crippen molar-refractivity contribution >= 4 is 21.9 Å². The number of carboxylic acids is 1. The second-order valence-corrected chi connectivity index (χ2v) is 8.33. The van der Waals surface area contributed by atoms with E-state index in [1.165, 1.54) is 19.2 Å². The molecule has 0 aliphatic rings. The van der Waals surface area contributed by atoms with Crippen LogP contribution in [0.5, 0.6) is 0 Å². The molecule has 26 heavy (non-hydrogen) atoms. The summed E-state index contributed by atoms with van der Waals surface area (Å²) in [6.07, 6.45) is 0.254. The van der Waals surface area contributed by atoms with Crippen LogP contribution in [0.4, 0.5) is 0 Å². The van der Waals surface area contributed by atoms with E-state index < -0.39 is 27.3 Å². The van der Waals surface area contributed by atoms with E-state index in [1.807, 2.05) is 0 Å². The van der Waals surface area contributed by atoms with Gasteiger partial charge in [-0.2, -0.15) is 0 Å². The highest BCUT2D eigenvalue weighted by Gasteiger charge is 2.27. The molecule has 0 saturated carbocycles. The number of rotatable bonds is 10. The van der Waals surface area contributed by atoms with Gasteiger partial charge in [-0.05, 0) is 44.9 Å². The lowest BCUT2D eigenvalue weighted by atomic mass is 9.89. The first-order valence-electron chi connectivity index (χ1n) is 8.12. The Bertz CT molecular complexity index is 759. The third-order valence-corrected chi connectivity index (χ3v) is 5.44. The summed E-state index contributed by atoms with van der Waals surface area (Å²) >= 11 is 0. The second-order valence-electron chi connectivity index (χ2n) is 6.56. The molecule has 0 atom stereocenters. The van der Waals surface area contributed by atoms with E-state index in [-0.39, 0.29) is 36.6 Å². The van der Waals surface area contributed by atoms with Gasteiger partial charge in [0.25, 0.3) is 5.91 Å². The van der Waals surface area contributed by atoms with Crippen LogP contribution in [0.2, 0.25) is 0 Å². The fourth-order valence-electron chi connectivity index (χ4n) is 2.07. The zero-order chi connectivity index (χ0) is 20.0. The standard InChI is InChI=1S/C17H26N2O6S/c1-12-5-6-13(26(23,24)19-9-10-25-4)11-14(12)15(20)18-8-7-17(2,3)16(21)22/h5-6,11,19H,7-10H2,1-4H3,(H,18,20)(H,21,22). The fourth-order valence-corrected chi connectivity index (χ4v) is 3.10. The van der Waals surface area contributed by atoms with Gasteiger partial charge < -0.3 is 15.2 Å². The molecule has 0 heterocycles. The Balaban J connectivity index is 2.86. The maximum absolute atomic E-state index is 12.4. The number of hydrogen-bond acceptors (Lipinski definition) is 5. The number of carbonyl (C=O) groups is 2. The van der Waals surface area contributed by atoms with E-state index in [1.54, 1.807) is 26.8 Å². The molecule has 0 bridgehead atoms. The summed E-state index contributed by atoms with van der Waals surface area (Å²) in [4.78, 5) is 23.4. The number of benzene rings is 1. The normalized spacial score (nSPS) is 12.0. The topological polar surface area (TPSA) is 122 Å². The van der Waals surface area contributed by atoms with E-state index >= 15 is 0 Å². The predicted octanol–water partition coefficient (Wildman–Crippen LogP) is 1.15. The monoisotopic (exact) mass is 386 g/mol. The Kier molecular flexibility index (Phi) is 7.73. The second kappa shape index (κ2) is 9.11. The van der Waals surface area contributed by atoms with Gasteiger partial charge in [-0.3, -0.25) is 9.59 Å². The maximum Gasteiger partial charge on any atom is 0.309 e. The Morgan fingerprint density at radius 1 is 1.23 bits per heavy atom. The molecule has 0 aromatic heterocycles. The predicted molar refractivity (Wildman–Crippen MR) is 96.6 cm³/mol. The number of methoxy groups -OCH3 is 1. The lowest BCUT2D eigenvalue weighted by Gasteiger charge is -2.19. The van der Waals surface area contributed by atoms with Crippen LogP contribution in [0.1, 0.15) is 36.2 Å². The van der Waals surface area contributed by atoms with Crippen molar-refractivity contribution in [3.63, 3.8) is 0 Å². The quantitative estimate of drug-likeness (QED) is 0.519. The zero-order valence-electron chi connectivity index (χ0n) is 15.5. The van der Waals surface area contributed by atoms with Crippen LogP contribution in [0.15, 0.2) is 23.1 Å². The summed E-state index contributed by atoms with van der Waals surface area (Å²) < 4.78 is 31.7. The SMILES string of the molecule is COCCNS(=O)(=O)c1ccc(C)c(C(=O)NCCC(C)(C)C(=O)O)c1. The summed E-state index contributed by atoms with van der Waals surface area (Å²) in [6, 6.07) is 4.29. The van der Waals surface area contributed by atoms with Crippen LogP contribution in [0, 0.1) is 12.3 Å². The minimum Gasteiger partial charge on any atom is -0.481 e. The van der Waals surface area contributed by atoms with Crippen molar-refractivity contribution < 1.29 is 27.9 Å². The Labute approximate surface area is 154 Å². The largest absolute Gasteiger partial charge is 0.481 e. The van der Waals surface area contributed by atoms with Crippen molar-refractivity contribution in [2.45, 2.75) is 32.1 Å². The molecule has 1 aromatic rings. The Morgan fingerprint density at radius 3 is 2.46 bits per heavy atom. The molecule has 0 aliphatic carbocycles. The van der Waals surface area contributed by atoms with Crippen molar-refractivity contribution in [3.05, 3.63) is 29.3 Å². The number of sulfonamides is 1. The zero-order valence-corrected chi connectivity index (χ0v) is 16.3. The van der Waals surface area contributed by atoms with Crippen LogP contribution in [0.3, 0.4) is 0 Å². The summed E-state index contributed by atoms with van der Waals surface area (Å²) in [6.45, 7) is 5.37. The summed E-state index contributed by atoms with van der Waals surface area (Å²) in [5, 5.41) is 11.7. The van der Waals surface area contributed by atoms with Gasteiger partial charge in [0.15, 0.2) is 0 Å². The minimum absolute atomic E-state index is 0.0183. The summed E-state index contributed by atoms with van der Waals surface area (Å²) in [7, 11) is -2.28. The number of aryl methyl sites for hydroxylation is 1. The minimum atomic E-state index is -3.75. The number of aliphatic carboxylic acids is 1. The molecular formula is C17H26N2O6S. The van der Waals surface area contributed by atoms with Crippen molar-refractivity contribution in [3.8, 4) is 0 Å².